The highest BCUT2D eigenvalue weighted by Gasteiger charge is 2.15. The van der Waals surface area contributed by atoms with E-state index in [0.29, 0.717) is 19.5 Å². The molecule has 5 nitrogen and oxygen atoms in total. The molecule has 1 rings (SSSR count). The van der Waals surface area contributed by atoms with Crippen molar-refractivity contribution in [1.82, 2.24) is 10.6 Å². The van der Waals surface area contributed by atoms with Crippen molar-refractivity contribution >= 4 is 12.0 Å². The largest absolute Gasteiger partial charge is 0.444 e. The number of amides is 2. The minimum atomic E-state index is -0.504. The number of hydrogen-bond acceptors (Lipinski definition) is 3. The Kier molecular flexibility index (Phi) is 8.19. The number of carbonyl (C=O) groups excluding carboxylic acids is 2. The van der Waals surface area contributed by atoms with Crippen molar-refractivity contribution in [1.29, 1.82) is 0 Å². The summed E-state index contributed by atoms with van der Waals surface area (Å²) in [5.41, 5.74) is 1.90. The monoisotopic (exact) mass is 346 g/mol. The molecule has 0 fully saturated rings. The summed E-state index contributed by atoms with van der Waals surface area (Å²) in [6.45, 7) is 10.4. The van der Waals surface area contributed by atoms with Gasteiger partial charge in [0.2, 0.25) is 5.91 Å². The van der Waals surface area contributed by atoms with Gasteiger partial charge in [0, 0.05) is 19.5 Å². The highest BCUT2D eigenvalue weighted by molar-refractivity contribution is 5.77. The molecule has 5 heteroatoms. The van der Waals surface area contributed by atoms with Crippen LogP contribution < -0.4 is 10.6 Å². The van der Waals surface area contributed by atoms with E-state index in [2.05, 4.69) is 36.6 Å². The van der Waals surface area contributed by atoms with E-state index in [1.807, 2.05) is 39.0 Å². The third kappa shape index (κ3) is 8.94. The molecule has 138 valence electrons. The first kappa shape index (κ1) is 20.7. The smallest absolute Gasteiger partial charge is 0.407 e. The van der Waals surface area contributed by atoms with Crippen molar-refractivity contribution in [3.63, 3.8) is 0 Å². The lowest BCUT2D eigenvalue weighted by molar-refractivity contribution is -0.121. The second-order valence-corrected chi connectivity index (χ2v) is 7.12. The molecule has 0 bridgehead atoms. The maximum Gasteiger partial charge on any atom is 0.407 e. The first-order valence-corrected chi connectivity index (χ1v) is 8.63. The number of rotatable bonds is 7. The normalized spacial score (nSPS) is 12.7. The molecule has 1 unspecified atom stereocenters. The number of ether oxygens (including phenoxy) is 1. The Bertz CT molecular complexity index is 603. The predicted molar refractivity (Wildman–Crippen MR) is 101 cm³/mol. The summed E-state index contributed by atoms with van der Waals surface area (Å²) in [4.78, 5) is 23.4. The maximum atomic E-state index is 12.0. The predicted octanol–water partition coefficient (Wildman–Crippen LogP) is 3.69. The molecule has 2 amide bonds. The Labute approximate surface area is 150 Å². The number of carbonyl (C=O) groups is 2. The van der Waals surface area contributed by atoms with Gasteiger partial charge in [-0.2, -0.15) is 0 Å². The highest BCUT2D eigenvalue weighted by atomic mass is 16.6. The number of aryl methyl sites for hydroxylation is 1. The van der Waals surface area contributed by atoms with Gasteiger partial charge in [-0.05, 0) is 44.7 Å². The fourth-order valence-corrected chi connectivity index (χ4v) is 2.40. The summed E-state index contributed by atoms with van der Waals surface area (Å²) in [5.74, 6) is 0.194. The molecule has 1 aromatic carbocycles. The van der Waals surface area contributed by atoms with E-state index in [9.17, 15) is 9.59 Å². The van der Waals surface area contributed by atoms with Gasteiger partial charge in [-0.3, -0.25) is 4.79 Å². The molecule has 25 heavy (non-hydrogen) atoms. The lowest BCUT2D eigenvalue weighted by Crippen LogP contribution is -2.32. The Morgan fingerprint density at radius 3 is 2.32 bits per heavy atom. The summed E-state index contributed by atoms with van der Waals surface area (Å²) in [7, 11) is 0. The van der Waals surface area contributed by atoms with Gasteiger partial charge in [0.05, 0.1) is 0 Å². The van der Waals surface area contributed by atoms with Crippen molar-refractivity contribution in [2.45, 2.75) is 52.6 Å². The highest BCUT2D eigenvalue weighted by Crippen LogP contribution is 2.21. The summed E-state index contributed by atoms with van der Waals surface area (Å²) in [5, 5.41) is 5.49. The summed E-state index contributed by atoms with van der Waals surface area (Å²) >= 11 is 0. The van der Waals surface area contributed by atoms with Crippen LogP contribution in [0, 0.1) is 6.92 Å². The zero-order valence-electron chi connectivity index (χ0n) is 15.9. The van der Waals surface area contributed by atoms with Crippen LogP contribution in [-0.2, 0) is 9.53 Å². The van der Waals surface area contributed by atoms with Crippen LogP contribution >= 0.6 is 0 Å². The van der Waals surface area contributed by atoms with Crippen molar-refractivity contribution in [2.75, 3.05) is 13.1 Å². The standard InChI is InChI=1S/C20H30N2O3/c1-15-10-6-7-11-17(15)16(2)14-18(23)21-12-8-9-13-22-19(24)25-20(3,4)5/h6-11,16H,12-14H2,1-5H3,(H,21,23)(H,22,24). The number of benzene rings is 1. The Balaban J connectivity index is 2.24. The lowest BCUT2D eigenvalue weighted by atomic mass is 9.93. The molecule has 0 aliphatic rings. The zero-order chi connectivity index (χ0) is 18.9. The molecule has 0 saturated carbocycles. The molecule has 0 aliphatic carbocycles. The van der Waals surface area contributed by atoms with Crippen LogP contribution in [-0.4, -0.2) is 30.7 Å². The minimum Gasteiger partial charge on any atom is -0.444 e. The van der Waals surface area contributed by atoms with E-state index in [1.54, 1.807) is 6.08 Å². The van der Waals surface area contributed by atoms with Crippen LogP contribution in [0.5, 0.6) is 0 Å². The maximum absolute atomic E-state index is 12.0. The molecule has 0 aromatic heterocycles. The average Bonchev–Trinajstić information content (AvgIpc) is 2.49. The van der Waals surface area contributed by atoms with Crippen LogP contribution in [0.3, 0.4) is 0 Å². The molecule has 0 heterocycles. The number of alkyl carbamates (subject to hydrolysis) is 1. The van der Waals surface area contributed by atoms with Gasteiger partial charge in [0.1, 0.15) is 5.60 Å². The average molecular weight is 346 g/mol. The molecule has 0 saturated heterocycles. The zero-order valence-corrected chi connectivity index (χ0v) is 15.9. The fraction of sp³-hybridized carbons (Fsp3) is 0.500. The molecule has 1 aromatic rings. The summed E-state index contributed by atoms with van der Waals surface area (Å²) < 4.78 is 5.12. The van der Waals surface area contributed by atoms with Crippen molar-refractivity contribution in [3.8, 4) is 0 Å². The van der Waals surface area contributed by atoms with E-state index in [-0.39, 0.29) is 11.8 Å². The van der Waals surface area contributed by atoms with E-state index in [1.165, 1.54) is 11.1 Å². The Morgan fingerprint density at radius 2 is 1.72 bits per heavy atom. The molecule has 0 radical (unpaired) electrons. The van der Waals surface area contributed by atoms with Gasteiger partial charge in [-0.25, -0.2) is 4.79 Å². The second kappa shape index (κ2) is 9.87. The molecule has 0 spiro atoms. The summed E-state index contributed by atoms with van der Waals surface area (Å²) in [6, 6.07) is 8.12. The second-order valence-electron chi connectivity index (χ2n) is 7.12. The lowest BCUT2D eigenvalue weighted by Gasteiger charge is -2.19. The topological polar surface area (TPSA) is 67.4 Å². The molecule has 0 aliphatic heterocycles. The van der Waals surface area contributed by atoms with Crippen molar-refractivity contribution in [2.24, 2.45) is 0 Å². The molecule has 2 N–H and O–H groups in total. The quantitative estimate of drug-likeness (QED) is 0.740. The van der Waals surface area contributed by atoms with Gasteiger partial charge in [-0.15, -0.1) is 0 Å². The van der Waals surface area contributed by atoms with Crippen molar-refractivity contribution < 1.29 is 14.3 Å². The molecular weight excluding hydrogens is 316 g/mol. The van der Waals surface area contributed by atoms with E-state index < -0.39 is 11.7 Å². The van der Waals surface area contributed by atoms with E-state index >= 15 is 0 Å². The Hall–Kier alpha value is -2.30. The van der Waals surface area contributed by atoms with Gasteiger partial charge >= 0.3 is 6.09 Å². The van der Waals surface area contributed by atoms with Crippen LogP contribution in [0.15, 0.2) is 36.4 Å². The summed E-state index contributed by atoms with van der Waals surface area (Å²) in [6.07, 6.45) is 3.60. The van der Waals surface area contributed by atoms with E-state index in [4.69, 9.17) is 4.74 Å². The van der Waals surface area contributed by atoms with E-state index in [0.717, 1.165) is 0 Å². The van der Waals surface area contributed by atoms with Crippen LogP contribution in [0.25, 0.3) is 0 Å². The molecule has 1 atom stereocenters. The van der Waals surface area contributed by atoms with Crippen molar-refractivity contribution in [3.05, 3.63) is 47.5 Å². The molecular formula is C20H30N2O3. The number of nitrogens with one attached hydrogen (secondary N) is 2. The van der Waals surface area contributed by atoms with Gasteiger partial charge in [0.25, 0.3) is 0 Å². The minimum absolute atomic E-state index is 0.0144. The van der Waals surface area contributed by atoms with Gasteiger partial charge in [-0.1, -0.05) is 43.3 Å². The first-order chi connectivity index (χ1) is 11.7. The van der Waals surface area contributed by atoms with Crippen LogP contribution in [0.1, 0.15) is 51.2 Å². The van der Waals surface area contributed by atoms with Gasteiger partial charge < -0.3 is 15.4 Å². The Morgan fingerprint density at radius 1 is 1.12 bits per heavy atom. The van der Waals surface area contributed by atoms with Crippen LogP contribution in [0.2, 0.25) is 0 Å². The number of hydrogen-bond donors (Lipinski definition) is 2. The third-order valence-electron chi connectivity index (χ3n) is 3.56. The third-order valence-corrected chi connectivity index (χ3v) is 3.56. The first-order valence-electron chi connectivity index (χ1n) is 8.63. The SMILES string of the molecule is Cc1ccccc1C(C)CC(=O)NCC=CCNC(=O)OC(C)(C)C. The van der Waals surface area contributed by atoms with Crippen LogP contribution in [0.4, 0.5) is 4.79 Å². The fourth-order valence-electron chi connectivity index (χ4n) is 2.40. The van der Waals surface area contributed by atoms with Gasteiger partial charge in [0.15, 0.2) is 0 Å².